The highest BCUT2D eigenvalue weighted by atomic mass is 16.7. The molecule has 244 valence electrons. The largest absolute Gasteiger partial charge is 0.392 e. The van der Waals surface area contributed by atoms with E-state index in [4.69, 9.17) is 18.9 Å². The normalized spacial score (nSPS) is 22.7. The molecule has 3 saturated heterocycles. The Labute approximate surface area is 275 Å². The van der Waals surface area contributed by atoms with Crippen molar-refractivity contribution in [3.05, 3.63) is 125 Å². The Morgan fingerprint density at radius 3 is 2.38 bits per heavy atom. The van der Waals surface area contributed by atoms with E-state index in [1.54, 1.807) is 24.5 Å². The minimum absolute atomic E-state index is 0.00884. The fourth-order valence-corrected chi connectivity index (χ4v) is 6.69. The van der Waals surface area contributed by atoms with E-state index >= 15 is 0 Å². The van der Waals surface area contributed by atoms with Gasteiger partial charge in [0.2, 0.25) is 0 Å². The van der Waals surface area contributed by atoms with E-state index in [2.05, 4.69) is 45.5 Å². The van der Waals surface area contributed by atoms with Crippen molar-refractivity contribution in [2.75, 3.05) is 32.8 Å². The second-order valence-corrected chi connectivity index (χ2v) is 12.5. The molecule has 0 saturated carbocycles. The van der Waals surface area contributed by atoms with E-state index in [0.29, 0.717) is 25.3 Å². The molecule has 1 spiro atoms. The molecule has 7 rings (SSSR count). The first-order valence-electron chi connectivity index (χ1n) is 16.4. The number of carbonyl (C=O) groups is 1. The van der Waals surface area contributed by atoms with Gasteiger partial charge in [0.15, 0.2) is 12.1 Å². The number of aliphatic hydroxyl groups excluding tert-OH is 1. The number of carbonyl (C=O) groups excluding carboxylic acids is 1. The SMILES string of the molecule is O=C(NCc1cccc(-c2cccc([C@H]3O[C@@H](CN4CCC5(CC4)OCCO5)C[C@@H](c4ccc(CO)cc4)O3)c2)c1)c1cccnc1. The summed E-state index contributed by atoms with van der Waals surface area (Å²) in [6, 6.07) is 28.0. The zero-order chi connectivity index (χ0) is 32.1. The third-order valence-electron chi connectivity index (χ3n) is 9.30. The molecule has 9 nitrogen and oxygen atoms in total. The predicted octanol–water partition coefficient (Wildman–Crippen LogP) is 5.56. The third-order valence-corrected chi connectivity index (χ3v) is 9.30. The van der Waals surface area contributed by atoms with Gasteiger partial charge in [-0.3, -0.25) is 9.78 Å². The van der Waals surface area contributed by atoms with Crippen LogP contribution in [0.5, 0.6) is 0 Å². The summed E-state index contributed by atoms with van der Waals surface area (Å²) < 4.78 is 25.2. The standard InChI is InChI=1S/C38H41N3O6/c42-26-27-9-11-29(12-10-27)35-22-34(25-41-16-13-38(14-17-41)44-18-19-45-38)46-37(47-35)32-7-2-6-31(21-32)30-5-1-4-28(20-30)23-40-36(43)33-8-3-15-39-24-33/h1-12,15,20-21,24,34-35,37,42H,13-14,16-19,22-23,25-26H2,(H,40,43)/t34-,35+,37+/m1/s1. The maximum atomic E-state index is 12.6. The Morgan fingerprint density at radius 2 is 1.64 bits per heavy atom. The van der Waals surface area contributed by atoms with Crippen LogP contribution in [0, 0.1) is 0 Å². The van der Waals surface area contributed by atoms with Crippen LogP contribution in [0.2, 0.25) is 0 Å². The Morgan fingerprint density at radius 1 is 0.872 bits per heavy atom. The summed E-state index contributed by atoms with van der Waals surface area (Å²) in [5, 5.41) is 12.6. The van der Waals surface area contributed by atoms with Gasteiger partial charge < -0.3 is 34.3 Å². The first-order chi connectivity index (χ1) is 23.1. The summed E-state index contributed by atoms with van der Waals surface area (Å²) in [5.41, 5.74) is 6.51. The number of ether oxygens (including phenoxy) is 4. The number of pyridine rings is 1. The van der Waals surface area contributed by atoms with E-state index in [1.165, 1.54) is 0 Å². The molecule has 0 bridgehead atoms. The number of aliphatic hydroxyl groups is 1. The Bertz CT molecular complexity index is 1630. The van der Waals surface area contributed by atoms with Crippen LogP contribution in [0.1, 0.15) is 64.3 Å². The van der Waals surface area contributed by atoms with Crippen LogP contribution in [0.4, 0.5) is 0 Å². The molecule has 0 aliphatic carbocycles. The van der Waals surface area contributed by atoms with Gasteiger partial charge in [-0.2, -0.15) is 0 Å². The molecular weight excluding hydrogens is 594 g/mol. The molecule has 3 aliphatic rings. The zero-order valence-corrected chi connectivity index (χ0v) is 26.4. The maximum Gasteiger partial charge on any atom is 0.253 e. The van der Waals surface area contributed by atoms with Crippen molar-refractivity contribution in [3.8, 4) is 11.1 Å². The van der Waals surface area contributed by atoms with E-state index in [0.717, 1.165) is 72.3 Å². The topological polar surface area (TPSA) is 102 Å². The summed E-state index contributed by atoms with van der Waals surface area (Å²) in [6.07, 6.45) is 4.93. The lowest BCUT2D eigenvalue weighted by molar-refractivity contribution is -0.255. The summed E-state index contributed by atoms with van der Waals surface area (Å²) in [4.78, 5) is 19.0. The number of benzene rings is 3. The minimum Gasteiger partial charge on any atom is -0.392 e. The summed E-state index contributed by atoms with van der Waals surface area (Å²) in [6.45, 7) is 4.36. The number of hydrogen-bond acceptors (Lipinski definition) is 8. The van der Waals surface area contributed by atoms with Crippen LogP contribution >= 0.6 is 0 Å². The molecule has 0 radical (unpaired) electrons. The van der Waals surface area contributed by atoms with Gasteiger partial charge in [-0.15, -0.1) is 0 Å². The van der Waals surface area contributed by atoms with Crippen LogP contribution in [0.3, 0.4) is 0 Å². The number of nitrogens with zero attached hydrogens (tertiary/aromatic N) is 2. The third kappa shape index (κ3) is 7.62. The lowest BCUT2D eigenvalue weighted by Crippen LogP contribution is -2.48. The predicted molar refractivity (Wildman–Crippen MR) is 176 cm³/mol. The van der Waals surface area contributed by atoms with Crippen molar-refractivity contribution < 1.29 is 28.8 Å². The highest BCUT2D eigenvalue weighted by Crippen LogP contribution is 2.40. The van der Waals surface area contributed by atoms with Gasteiger partial charge in [0.05, 0.1) is 37.6 Å². The van der Waals surface area contributed by atoms with E-state index in [9.17, 15) is 9.90 Å². The lowest BCUT2D eigenvalue weighted by Gasteiger charge is -2.41. The molecule has 3 fully saturated rings. The van der Waals surface area contributed by atoms with Gasteiger partial charge in [0, 0.05) is 63.4 Å². The number of likely N-dealkylation sites (tertiary alicyclic amines) is 1. The quantitative estimate of drug-likeness (QED) is 0.247. The molecule has 3 aliphatic heterocycles. The molecule has 1 aromatic heterocycles. The molecule has 4 aromatic rings. The highest BCUT2D eigenvalue weighted by molar-refractivity contribution is 5.93. The van der Waals surface area contributed by atoms with Crippen LogP contribution in [-0.2, 0) is 32.1 Å². The van der Waals surface area contributed by atoms with Gasteiger partial charge in [-0.05, 0) is 52.1 Å². The monoisotopic (exact) mass is 635 g/mol. The van der Waals surface area contributed by atoms with Crippen molar-refractivity contribution in [2.45, 2.75) is 56.7 Å². The molecule has 1 amide bonds. The number of hydrogen-bond donors (Lipinski definition) is 2. The van der Waals surface area contributed by atoms with Crippen LogP contribution in [0.25, 0.3) is 11.1 Å². The van der Waals surface area contributed by atoms with Crippen molar-refractivity contribution in [2.24, 2.45) is 0 Å². The Hall–Kier alpha value is -3.96. The molecule has 4 heterocycles. The first-order valence-corrected chi connectivity index (χ1v) is 16.4. The van der Waals surface area contributed by atoms with Gasteiger partial charge in [-0.1, -0.05) is 60.7 Å². The smallest absolute Gasteiger partial charge is 0.253 e. The lowest BCUT2D eigenvalue weighted by atomic mass is 9.97. The molecule has 3 aromatic carbocycles. The van der Waals surface area contributed by atoms with E-state index in [1.807, 2.05) is 42.5 Å². The molecule has 2 N–H and O–H groups in total. The van der Waals surface area contributed by atoms with Gasteiger partial charge in [0.25, 0.3) is 5.91 Å². The molecule has 0 unspecified atom stereocenters. The average Bonchev–Trinajstić information content (AvgIpc) is 3.60. The van der Waals surface area contributed by atoms with Crippen molar-refractivity contribution in [1.29, 1.82) is 0 Å². The summed E-state index contributed by atoms with van der Waals surface area (Å²) in [5.74, 6) is -0.564. The van der Waals surface area contributed by atoms with Crippen LogP contribution < -0.4 is 5.32 Å². The summed E-state index contributed by atoms with van der Waals surface area (Å²) >= 11 is 0. The minimum atomic E-state index is -0.546. The first kappa shape index (κ1) is 31.6. The average molecular weight is 636 g/mol. The van der Waals surface area contributed by atoms with Gasteiger partial charge in [0.1, 0.15) is 0 Å². The molecular formula is C38H41N3O6. The summed E-state index contributed by atoms with van der Waals surface area (Å²) in [7, 11) is 0. The van der Waals surface area contributed by atoms with Crippen molar-refractivity contribution in [1.82, 2.24) is 15.2 Å². The second kappa shape index (κ2) is 14.4. The van der Waals surface area contributed by atoms with Crippen LogP contribution in [-0.4, -0.2) is 65.6 Å². The number of piperidine rings is 1. The Kier molecular flexibility index (Phi) is 9.71. The maximum absolute atomic E-state index is 12.6. The number of rotatable bonds is 9. The molecule has 9 heteroatoms. The fourth-order valence-electron chi connectivity index (χ4n) is 6.69. The van der Waals surface area contributed by atoms with Crippen molar-refractivity contribution in [3.63, 3.8) is 0 Å². The van der Waals surface area contributed by atoms with Crippen LogP contribution in [0.15, 0.2) is 97.3 Å². The highest BCUT2D eigenvalue weighted by Gasteiger charge is 2.41. The Balaban J connectivity index is 1.07. The molecule has 47 heavy (non-hydrogen) atoms. The zero-order valence-electron chi connectivity index (χ0n) is 26.4. The number of nitrogens with one attached hydrogen (secondary N) is 1. The second-order valence-electron chi connectivity index (χ2n) is 12.5. The van der Waals surface area contributed by atoms with Gasteiger partial charge in [-0.25, -0.2) is 0 Å². The fraction of sp³-hybridized carbons (Fsp3) is 0.368. The molecule has 3 atom stereocenters. The van der Waals surface area contributed by atoms with E-state index in [-0.39, 0.29) is 24.7 Å². The van der Waals surface area contributed by atoms with Crippen molar-refractivity contribution >= 4 is 5.91 Å². The van der Waals surface area contributed by atoms with E-state index < -0.39 is 12.1 Å². The number of aromatic nitrogens is 1. The number of amides is 1. The van der Waals surface area contributed by atoms with Gasteiger partial charge >= 0.3 is 0 Å².